The van der Waals surface area contributed by atoms with E-state index in [1.165, 1.54) is 4.90 Å². The van der Waals surface area contributed by atoms with Crippen molar-refractivity contribution < 1.29 is 28.6 Å². The van der Waals surface area contributed by atoms with Crippen LogP contribution in [0.15, 0.2) is 35.7 Å². The molecule has 3 rings (SSSR count). The summed E-state index contributed by atoms with van der Waals surface area (Å²) in [5.74, 6) is 0.598. The first-order chi connectivity index (χ1) is 15.9. The minimum absolute atomic E-state index is 0.123. The fourth-order valence-electron chi connectivity index (χ4n) is 3.28. The predicted molar refractivity (Wildman–Crippen MR) is 123 cm³/mol. The van der Waals surface area contributed by atoms with Gasteiger partial charge in [0.15, 0.2) is 11.5 Å². The fraction of sp³-hybridized carbons (Fsp3) is 0.435. The SMILES string of the molecule is CCOC(=O)CNC(=O)N(CC(=O)N(Cc1ccc2c(c1)OCO2)Cc1cccs1)C(C)C. The van der Waals surface area contributed by atoms with E-state index in [1.54, 1.807) is 23.2 Å². The standard InChI is InChI=1S/C23H29N3O6S/c1-4-30-22(28)11-24-23(29)26(16(2)3)14-21(27)25(13-18-6-5-9-33-18)12-17-7-8-19-20(10-17)32-15-31-19/h5-10,16H,4,11-15H2,1-3H3,(H,24,29). The normalized spacial score (nSPS) is 11.9. The summed E-state index contributed by atoms with van der Waals surface area (Å²) in [4.78, 5) is 41.7. The van der Waals surface area contributed by atoms with E-state index in [4.69, 9.17) is 14.2 Å². The van der Waals surface area contributed by atoms with Crippen LogP contribution >= 0.6 is 11.3 Å². The van der Waals surface area contributed by atoms with Crippen LogP contribution in [0.25, 0.3) is 0 Å². The minimum atomic E-state index is -0.525. The van der Waals surface area contributed by atoms with Crippen molar-refractivity contribution in [2.45, 2.75) is 39.9 Å². The van der Waals surface area contributed by atoms with Crippen molar-refractivity contribution in [1.82, 2.24) is 15.1 Å². The van der Waals surface area contributed by atoms with E-state index in [9.17, 15) is 14.4 Å². The molecule has 9 nitrogen and oxygen atoms in total. The Morgan fingerprint density at radius 1 is 1.15 bits per heavy atom. The molecule has 3 amide bonds. The first kappa shape index (κ1) is 24.4. The summed E-state index contributed by atoms with van der Waals surface area (Å²) in [5.41, 5.74) is 0.895. The molecule has 1 aliphatic rings. The Bertz CT molecular complexity index is 963. The van der Waals surface area contributed by atoms with Crippen LogP contribution in [-0.4, -0.2) is 60.2 Å². The van der Waals surface area contributed by atoms with E-state index in [0.29, 0.717) is 24.6 Å². The fourth-order valence-corrected chi connectivity index (χ4v) is 4.00. The third-order valence-corrected chi connectivity index (χ3v) is 5.83. The van der Waals surface area contributed by atoms with Crippen molar-refractivity contribution in [2.75, 3.05) is 26.5 Å². The zero-order chi connectivity index (χ0) is 23.8. The Morgan fingerprint density at radius 3 is 2.64 bits per heavy atom. The van der Waals surface area contributed by atoms with E-state index < -0.39 is 12.0 Å². The van der Waals surface area contributed by atoms with E-state index >= 15 is 0 Å². The van der Waals surface area contributed by atoms with Gasteiger partial charge in [0.2, 0.25) is 12.7 Å². The Balaban J connectivity index is 1.70. The van der Waals surface area contributed by atoms with Gasteiger partial charge in [-0.25, -0.2) is 4.79 Å². The van der Waals surface area contributed by atoms with E-state index in [1.807, 2.05) is 49.6 Å². The maximum Gasteiger partial charge on any atom is 0.325 e. The highest BCUT2D eigenvalue weighted by Gasteiger charge is 2.25. The topological polar surface area (TPSA) is 97.4 Å². The molecular formula is C23H29N3O6S. The molecule has 1 aromatic carbocycles. The lowest BCUT2D eigenvalue weighted by Crippen LogP contribution is -2.50. The van der Waals surface area contributed by atoms with Crippen molar-refractivity contribution >= 4 is 29.2 Å². The van der Waals surface area contributed by atoms with Gasteiger partial charge >= 0.3 is 12.0 Å². The lowest BCUT2D eigenvalue weighted by molar-refractivity contribution is -0.141. The quantitative estimate of drug-likeness (QED) is 0.531. The maximum absolute atomic E-state index is 13.3. The Morgan fingerprint density at radius 2 is 1.94 bits per heavy atom. The molecule has 0 bridgehead atoms. The summed E-state index contributed by atoms with van der Waals surface area (Å²) in [5, 5.41) is 4.49. The van der Waals surface area contributed by atoms with Crippen molar-refractivity contribution in [3.05, 3.63) is 46.2 Å². The number of esters is 1. The van der Waals surface area contributed by atoms with Crippen LogP contribution in [0.2, 0.25) is 0 Å². The van der Waals surface area contributed by atoms with Crippen LogP contribution in [0.1, 0.15) is 31.2 Å². The zero-order valence-electron chi connectivity index (χ0n) is 19.0. The van der Waals surface area contributed by atoms with Crippen molar-refractivity contribution in [3.8, 4) is 11.5 Å². The number of fused-ring (bicyclic) bond motifs is 1. The van der Waals surface area contributed by atoms with Gasteiger partial charge in [-0.05, 0) is 49.9 Å². The second-order valence-corrected chi connectivity index (χ2v) is 8.73. The van der Waals surface area contributed by atoms with E-state index in [2.05, 4.69) is 5.32 Å². The zero-order valence-corrected chi connectivity index (χ0v) is 19.9. The van der Waals surface area contributed by atoms with E-state index in [0.717, 1.165) is 10.4 Å². The first-order valence-electron chi connectivity index (χ1n) is 10.8. The summed E-state index contributed by atoms with van der Waals surface area (Å²) in [7, 11) is 0. The van der Waals surface area contributed by atoms with Gasteiger partial charge in [0.25, 0.3) is 0 Å². The van der Waals surface area contributed by atoms with Gasteiger partial charge in [-0.3, -0.25) is 9.59 Å². The van der Waals surface area contributed by atoms with Gasteiger partial charge in [0.1, 0.15) is 13.1 Å². The number of ether oxygens (including phenoxy) is 3. The van der Waals surface area contributed by atoms with Gasteiger partial charge in [-0.15, -0.1) is 11.3 Å². The van der Waals surface area contributed by atoms with Crippen molar-refractivity contribution in [1.29, 1.82) is 0 Å². The lowest BCUT2D eigenvalue weighted by atomic mass is 10.2. The third kappa shape index (κ3) is 6.85. The molecule has 0 saturated carbocycles. The minimum Gasteiger partial charge on any atom is -0.465 e. The highest BCUT2D eigenvalue weighted by molar-refractivity contribution is 7.09. The molecule has 178 valence electrons. The van der Waals surface area contributed by atoms with Crippen LogP contribution in [0, 0.1) is 0 Å². The van der Waals surface area contributed by atoms with Crippen LogP contribution in [-0.2, 0) is 27.4 Å². The third-order valence-electron chi connectivity index (χ3n) is 4.97. The smallest absolute Gasteiger partial charge is 0.325 e. The summed E-state index contributed by atoms with van der Waals surface area (Å²) in [6.07, 6.45) is 0. The molecule has 0 saturated heterocycles. The molecule has 33 heavy (non-hydrogen) atoms. The molecule has 10 heteroatoms. The number of carbonyl (C=O) groups is 3. The molecule has 2 aromatic rings. The van der Waals surface area contributed by atoms with Crippen LogP contribution in [0.4, 0.5) is 4.79 Å². The van der Waals surface area contributed by atoms with Crippen LogP contribution in [0.5, 0.6) is 11.5 Å². The maximum atomic E-state index is 13.3. The molecule has 2 heterocycles. The van der Waals surface area contributed by atoms with Crippen LogP contribution < -0.4 is 14.8 Å². The molecule has 0 unspecified atom stereocenters. The summed E-state index contributed by atoms with van der Waals surface area (Å²) in [6.45, 7) is 6.14. The van der Waals surface area contributed by atoms with Crippen molar-refractivity contribution in [3.63, 3.8) is 0 Å². The molecule has 1 aliphatic heterocycles. The van der Waals surface area contributed by atoms with Gasteiger partial charge in [-0.2, -0.15) is 0 Å². The number of thiophene rings is 1. The van der Waals surface area contributed by atoms with Crippen molar-refractivity contribution in [2.24, 2.45) is 0 Å². The second-order valence-electron chi connectivity index (χ2n) is 7.70. The number of hydrogen-bond acceptors (Lipinski definition) is 7. The molecular weight excluding hydrogens is 446 g/mol. The number of rotatable bonds is 10. The summed E-state index contributed by atoms with van der Waals surface area (Å²) >= 11 is 1.56. The molecule has 0 atom stereocenters. The molecule has 1 aromatic heterocycles. The molecule has 0 fully saturated rings. The number of urea groups is 1. The molecule has 1 N–H and O–H groups in total. The van der Waals surface area contributed by atoms with Gasteiger partial charge < -0.3 is 29.3 Å². The number of nitrogens with one attached hydrogen (secondary N) is 1. The number of amides is 3. The molecule has 0 spiro atoms. The lowest BCUT2D eigenvalue weighted by Gasteiger charge is -2.30. The monoisotopic (exact) mass is 475 g/mol. The Kier molecular flexibility index (Phi) is 8.53. The Hall–Kier alpha value is -3.27. The van der Waals surface area contributed by atoms with Gasteiger partial charge in [0.05, 0.1) is 13.2 Å². The summed E-state index contributed by atoms with van der Waals surface area (Å²) in [6, 6.07) is 8.76. The first-order valence-corrected chi connectivity index (χ1v) is 11.6. The summed E-state index contributed by atoms with van der Waals surface area (Å²) < 4.78 is 15.7. The van der Waals surface area contributed by atoms with Crippen LogP contribution in [0.3, 0.4) is 0 Å². The average Bonchev–Trinajstić information content (AvgIpc) is 3.46. The highest BCUT2D eigenvalue weighted by Crippen LogP contribution is 2.33. The van der Waals surface area contributed by atoms with Gasteiger partial charge in [-0.1, -0.05) is 12.1 Å². The molecule has 0 aliphatic carbocycles. The number of nitrogens with zero attached hydrogens (tertiary/aromatic N) is 2. The van der Waals surface area contributed by atoms with E-state index in [-0.39, 0.29) is 38.4 Å². The number of carbonyl (C=O) groups excluding carboxylic acids is 3. The van der Waals surface area contributed by atoms with Gasteiger partial charge in [0, 0.05) is 17.5 Å². The Labute approximate surface area is 197 Å². The highest BCUT2D eigenvalue weighted by atomic mass is 32.1. The number of benzene rings is 1. The largest absolute Gasteiger partial charge is 0.465 e. The average molecular weight is 476 g/mol. The predicted octanol–water partition coefficient (Wildman–Crippen LogP) is 2.99. The number of hydrogen-bond donors (Lipinski definition) is 1. The second kappa shape index (κ2) is 11.6. The molecule has 0 radical (unpaired) electrons.